The molecule has 152 valence electrons. The molecule has 1 aromatic carbocycles. The summed E-state index contributed by atoms with van der Waals surface area (Å²) in [5.41, 5.74) is 1.61. The number of imidazole rings is 1. The molecule has 3 aromatic rings. The van der Waals surface area contributed by atoms with Crippen molar-refractivity contribution in [2.24, 2.45) is 0 Å². The van der Waals surface area contributed by atoms with Crippen LogP contribution in [0.3, 0.4) is 0 Å². The van der Waals surface area contributed by atoms with E-state index in [4.69, 9.17) is 4.74 Å². The fourth-order valence-electron chi connectivity index (χ4n) is 3.60. The van der Waals surface area contributed by atoms with Gasteiger partial charge in [-0.05, 0) is 51.0 Å². The third-order valence-corrected chi connectivity index (χ3v) is 5.23. The van der Waals surface area contributed by atoms with Gasteiger partial charge in [0.2, 0.25) is 0 Å². The molecular formula is C22H24FN3O3. The van der Waals surface area contributed by atoms with Gasteiger partial charge in [0.05, 0.1) is 35.6 Å². The van der Waals surface area contributed by atoms with Crippen LogP contribution < -0.4 is 5.32 Å². The Kier molecular flexibility index (Phi) is 5.10. The van der Waals surface area contributed by atoms with Crippen LogP contribution in [0.2, 0.25) is 0 Å². The van der Waals surface area contributed by atoms with Crippen LogP contribution in [0.5, 0.6) is 0 Å². The van der Waals surface area contributed by atoms with Crippen molar-refractivity contribution < 1.29 is 19.0 Å². The molecule has 2 N–H and O–H groups in total. The highest BCUT2D eigenvalue weighted by Gasteiger charge is 2.32. The minimum Gasteiger partial charge on any atom is -0.388 e. The van der Waals surface area contributed by atoms with Crippen LogP contribution in [0.25, 0.3) is 16.9 Å². The average Bonchev–Trinajstić information content (AvgIpc) is 3.11. The number of aliphatic hydroxyl groups is 1. The van der Waals surface area contributed by atoms with E-state index in [0.29, 0.717) is 35.5 Å². The zero-order chi connectivity index (χ0) is 20.6. The first-order chi connectivity index (χ1) is 13.8. The summed E-state index contributed by atoms with van der Waals surface area (Å²) in [7, 11) is 0. The number of amides is 1. The molecule has 1 fully saturated rings. The molecule has 1 amide bonds. The number of fused-ring (bicyclic) bond motifs is 1. The number of hydrogen-bond donors (Lipinski definition) is 2. The van der Waals surface area contributed by atoms with Crippen molar-refractivity contribution in [2.45, 2.75) is 44.4 Å². The lowest BCUT2D eigenvalue weighted by Crippen LogP contribution is -2.48. The van der Waals surface area contributed by atoms with E-state index >= 15 is 0 Å². The Morgan fingerprint density at radius 1 is 1.28 bits per heavy atom. The second kappa shape index (κ2) is 7.57. The molecule has 2 aromatic heterocycles. The van der Waals surface area contributed by atoms with Crippen LogP contribution in [0, 0.1) is 5.82 Å². The summed E-state index contributed by atoms with van der Waals surface area (Å²) in [6.45, 7) is 3.83. The van der Waals surface area contributed by atoms with E-state index < -0.39 is 5.60 Å². The number of halogens is 1. The maximum Gasteiger partial charge on any atom is 0.253 e. The second-order valence-electron chi connectivity index (χ2n) is 8.04. The quantitative estimate of drug-likeness (QED) is 0.709. The monoisotopic (exact) mass is 397 g/mol. The molecule has 0 bridgehead atoms. The highest BCUT2D eigenvalue weighted by atomic mass is 19.1. The number of pyridine rings is 1. The fourth-order valence-corrected chi connectivity index (χ4v) is 3.60. The molecule has 29 heavy (non-hydrogen) atoms. The third-order valence-electron chi connectivity index (χ3n) is 5.23. The van der Waals surface area contributed by atoms with Gasteiger partial charge in [-0.2, -0.15) is 0 Å². The summed E-state index contributed by atoms with van der Waals surface area (Å²) < 4.78 is 21.0. The molecule has 4 rings (SSSR count). The lowest BCUT2D eigenvalue weighted by atomic mass is 9.93. The van der Waals surface area contributed by atoms with Crippen LogP contribution >= 0.6 is 0 Å². The average molecular weight is 397 g/mol. The van der Waals surface area contributed by atoms with E-state index in [1.165, 1.54) is 12.1 Å². The second-order valence-corrected chi connectivity index (χ2v) is 8.04. The highest BCUT2D eigenvalue weighted by molar-refractivity contribution is 5.94. The minimum atomic E-state index is -0.888. The lowest BCUT2D eigenvalue weighted by molar-refractivity contribution is -0.114. The fraction of sp³-hybridized carbons (Fsp3) is 0.364. The molecular weight excluding hydrogens is 373 g/mol. The highest BCUT2D eigenvalue weighted by Crippen LogP contribution is 2.24. The Morgan fingerprint density at radius 3 is 2.79 bits per heavy atom. The summed E-state index contributed by atoms with van der Waals surface area (Å²) in [6.07, 6.45) is 4.70. The van der Waals surface area contributed by atoms with Crippen LogP contribution in [0.15, 0.2) is 48.8 Å². The Hall–Kier alpha value is -2.77. The van der Waals surface area contributed by atoms with Crippen molar-refractivity contribution in [2.75, 3.05) is 6.61 Å². The molecule has 7 heteroatoms. The Bertz CT molecular complexity index is 1030. The number of carbonyl (C=O) groups excluding carboxylic acids is 1. The minimum absolute atomic E-state index is 0.0950. The van der Waals surface area contributed by atoms with Gasteiger partial charge in [-0.3, -0.25) is 4.79 Å². The predicted molar refractivity (Wildman–Crippen MR) is 107 cm³/mol. The summed E-state index contributed by atoms with van der Waals surface area (Å²) in [5, 5.41) is 13.0. The number of benzene rings is 1. The first-order valence-corrected chi connectivity index (χ1v) is 9.69. The number of ether oxygens (including phenoxy) is 1. The number of hydrogen-bond acceptors (Lipinski definition) is 4. The van der Waals surface area contributed by atoms with Crippen molar-refractivity contribution >= 4 is 11.6 Å². The number of rotatable bonds is 4. The molecule has 0 saturated carbocycles. The normalized spacial score (nSPS) is 20.0. The number of carbonyl (C=O) groups is 1. The van der Waals surface area contributed by atoms with Gasteiger partial charge in [0.15, 0.2) is 0 Å². The van der Waals surface area contributed by atoms with Crippen molar-refractivity contribution in [1.82, 2.24) is 14.7 Å². The van der Waals surface area contributed by atoms with E-state index in [9.17, 15) is 14.3 Å². The number of nitrogens with one attached hydrogen (secondary N) is 1. The predicted octanol–water partition coefficient (Wildman–Crippen LogP) is 3.19. The lowest BCUT2D eigenvalue weighted by Gasteiger charge is -2.36. The summed E-state index contributed by atoms with van der Waals surface area (Å²) in [4.78, 5) is 17.1. The summed E-state index contributed by atoms with van der Waals surface area (Å²) in [6, 6.07) is 9.64. The first kappa shape index (κ1) is 19.5. The molecule has 0 aliphatic carbocycles. The molecule has 0 unspecified atom stereocenters. The zero-order valence-electron chi connectivity index (χ0n) is 16.4. The molecule has 1 aliphatic heterocycles. The van der Waals surface area contributed by atoms with E-state index in [-0.39, 0.29) is 23.9 Å². The maximum absolute atomic E-state index is 13.5. The summed E-state index contributed by atoms with van der Waals surface area (Å²) in [5.74, 6) is -0.510. The first-order valence-electron chi connectivity index (χ1n) is 9.69. The molecule has 0 spiro atoms. The van der Waals surface area contributed by atoms with Gasteiger partial charge in [-0.1, -0.05) is 12.1 Å². The van der Waals surface area contributed by atoms with Crippen molar-refractivity contribution in [3.63, 3.8) is 0 Å². The van der Waals surface area contributed by atoms with Gasteiger partial charge in [-0.25, -0.2) is 9.37 Å². The molecule has 1 saturated heterocycles. The Balaban J connectivity index is 1.46. The molecule has 0 radical (unpaired) electrons. The van der Waals surface area contributed by atoms with E-state index in [1.54, 1.807) is 54.9 Å². The van der Waals surface area contributed by atoms with Gasteiger partial charge in [0.25, 0.3) is 5.91 Å². The van der Waals surface area contributed by atoms with Crippen molar-refractivity contribution in [3.8, 4) is 11.3 Å². The SMILES string of the molecule is CC(C)(O)[C@@H]1CC[C@@H](NC(=O)c2ccc3nc(-c4cccc(F)c4)cn3c2)CO1. The van der Waals surface area contributed by atoms with Gasteiger partial charge >= 0.3 is 0 Å². The van der Waals surface area contributed by atoms with E-state index in [2.05, 4.69) is 10.3 Å². The molecule has 1 aliphatic rings. The Labute approximate surface area is 168 Å². The number of nitrogens with zero attached hydrogens (tertiary/aromatic N) is 2. The van der Waals surface area contributed by atoms with Gasteiger partial charge in [-0.15, -0.1) is 0 Å². The van der Waals surface area contributed by atoms with Crippen LogP contribution in [-0.4, -0.2) is 44.8 Å². The molecule has 2 atom stereocenters. The van der Waals surface area contributed by atoms with Crippen molar-refractivity contribution in [3.05, 3.63) is 60.2 Å². The van der Waals surface area contributed by atoms with Gasteiger partial charge < -0.3 is 19.6 Å². The molecule has 3 heterocycles. The Morgan fingerprint density at radius 2 is 2.10 bits per heavy atom. The van der Waals surface area contributed by atoms with E-state index in [1.807, 2.05) is 0 Å². The van der Waals surface area contributed by atoms with Crippen LogP contribution in [-0.2, 0) is 4.74 Å². The standard InChI is InChI=1S/C22H24FN3O3/c1-22(2,28)19-8-7-17(13-29-19)24-21(27)15-6-9-20-25-18(12-26(20)11-15)14-4-3-5-16(23)10-14/h3-6,9-12,17,19,28H,7-8,13H2,1-2H3,(H,24,27)/t17-,19+/m1/s1. The third kappa shape index (κ3) is 4.31. The maximum atomic E-state index is 13.5. The largest absolute Gasteiger partial charge is 0.388 e. The van der Waals surface area contributed by atoms with Crippen LogP contribution in [0.4, 0.5) is 4.39 Å². The van der Waals surface area contributed by atoms with Crippen molar-refractivity contribution in [1.29, 1.82) is 0 Å². The molecule has 6 nitrogen and oxygen atoms in total. The van der Waals surface area contributed by atoms with Gasteiger partial charge in [0, 0.05) is 18.0 Å². The summed E-state index contributed by atoms with van der Waals surface area (Å²) >= 11 is 0. The van der Waals surface area contributed by atoms with E-state index in [0.717, 1.165) is 6.42 Å². The van der Waals surface area contributed by atoms with Gasteiger partial charge in [0.1, 0.15) is 11.5 Å². The number of aromatic nitrogens is 2. The van der Waals surface area contributed by atoms with Crippen LogP contribution in [0.1, 0.15) is 37.0 Å². The topological polar surface area (TPSA) is 75.9 Å². The smallest absolute Gasteiger partial charge is 0.253 e. The zero-order valence-corrected chi connectivity index (χ0v) is 16.4.